The Kier molecular flexibility index (Phi) is 6.60. The molecule has 0 spiro atoms. The first-order valence-electron chi connectivity index (χ1n) is 5.89. The van der Waals surface area contributed by atoms with E-state index in [1.807, 2.05) is 0 Å². The first-order chi connectivity index (χ1) is 6.66. The van der Waals surface area contributed by atoms with Crippen LogP contribution in [-0.2, 0) is 4.79 Å². The van der Waals surface area contributed by atoms with Gasteiger partial charge in [0.25, 0.3) is 0 Å². The van der Waals surface area contributed by atoms with Crippen molar-refractivity contribution in [3.63, 3.8) is 0 Å². The summed E-state index contributed by atoms with van der Waals surface area (Å²) in [5, 5.41) is 2.82. The molecule has 14 heavy (non-hydrogen) atoms. The molecular weight excluding hydrogens is 174 g/mol. The summed E-state index contributed by atoms with van der Waals surface area (Å²) in [5.41, 5.74) is -0.0903. The quantitative estimate of drug-likeness (QED) is 0.670. The number of nitrogens with one attached hydrogen (secondary N) is 1. The van der Waals surface area contributed by atoms with E-state index < -0.39 is 0 Å². The van der Waals surface area contributed by atoms with Gasteiger partial charge in [-0.25, -0.2) is 0 Å². The number of rotatable bonds is 7. The lowest BCUT2D eigenvalue weighted by molar-refractivity contribution is -0.132. The van der Waals surface area contributed by atoms with Gasteiger partial charge in [-0.2, -0.15) is 0 Å². The van der Waals surface area contributed by atoms with Gasteiger partial charge in [0.2, 0.25) is 5.91 Å². The number of hydrogen-bond acceptors (Lipinski definition) is 1. The molecule has 0 aromatic heterocycles. The van der Waals surface area contributed by atoms with Gasteiger partial charge in [-0.1, -0.05) is 40.0 Å². The van der Waals surface area contributed by atoms with Gasteiger partial charge in [-0.15, -0.1) is 0 Å². The van der Waals surface area contributed by atoms with Crippen LogP contribution < -0.4 is 5.32 Å². The molecule has 0 atom stereocenters. The highest BCUT2D eigenvalue weighted by Crippen LogP contribution is 2.35. The Balaban J connectivity index is 4.62. The average Bonchev–Trinajstić information content (AvgIpc) is 2.17. The summed E-state index contributed by atoms with van der Waals surface area (Å²) in [6, 6.07) is 0. The fourth-order valence-electron chi connectivity index (χ4n) is 2.42. The van der Waals surface area contributed by atoms with Crippen LogP contribution >= 0.6 is 0 Å². The summed E-state index contributed by atoms with van der Waals surface area (Å²) < 4.78 is 0. The van der Waals surface area contributed by atoms with Crippen molar-refractivity contribution in [2.24, 2.45) is 5.41 Å². The van der Waals surface area contributed by atoms with Crippen molar-refractivity contribution in [3.8, 4) is 0 Å². The molecule has 2 heteroatoms. The second-order valence-electron chi connectivity index (χ2n) is 4.11. The van der Waals surface area contributed by atoms with Crippen molar-refractivity contribution in [2.75, 3.05) is 7.05 Å². The first-order valence-corrected chi connectivity index (χ1v) is 5.89. The Morgan fingerprint density at radius 2 is 1.36 bits per heavy atom. The monoisotopic (exact) mass is 199 g/mol. The molecule has 0 rings (SSSR count). The highest BCUT2D eigenvalue weighted by molar-refractivity contribution is 5.82. The van der Waals surface area contributed by atoms with Crippen LogP contribution in [0, 0.1) is 5.41 Å². The molecule has 0 heterocycles. The normalized spacial score (nSPS) is 11.4. The molecule has 84 valence electrons. The lowest BCUT2D eigenvalue weighted by atomic mass is 9.75. The third kappa shape index (κ3) is 3.32. The van der Waals surface area contributed by atoms with Crippen LogP contribution in [0.25, 0.3) is 0 Å². The summed E-state index contributed by atoms with van der Waals surface area (Å²) in [5.74, 6) is 0.239. The largest absolute Gasteiger partial charge is 0.359 e. The molecule has 2 nitrogen and oxygen atoms in total. The average molecular weight is 199 g/mol. The molecule has 0 aliphatic rings. The van der Waals surface area contributed by atoms with E-state index >= 15 is 0 Å². The van der Waals surface area contributed by atoms with Crippen molar-refractivity contribution in [2.45, 2.75) is 59.3 Å². The van der Waals surface area contributed by atoms with Crippen LogP contribution in [0.2, 0.25) is 0 Å². The third-order valence-corrected chi connectivity index (χ3v) is 2.89. The highest BCUT2D eigenvalue weighted by atomic mass is 16.2. The molecular formula is C12H25NO. The Hall–Kier alpha value is -0.530. The zero-order chi connectivity index (χ0) is 11.0. The summed E-state index contributed by atoms with van der Waals surface area (Å²) in [6.45, 7) is 6.47. The predicted octanol–water partition coefficient (Wildman–Crippen LogP) is 3.12. The molecule has 0 saturated carbocycles. The van der Waals surface area contributed by atoms with E-state index in [1.165, 1.54) is 0 Å². The Morgan fingerprint density at radius 1 is 1.00 bits per heavy atom. The summed E-state index contributed by atoms with van der Waals surface area (Å²) in [7, 11) is 1.75. The fraction of sp³-hybridized carbons (Fsp3) is 0.917. The maximum Gasteiger partial charge on any atom is 0.225 e. The Labute approximate surface area is 88.5 Å². The molecule has 0 radical (unpaired) electrons. The van der Waals surface area contributed by atoms with Gasteiger partial charge in [0.1, 0.15) is 0 Å². The molecule has 0 fully saturated rings. The molecule has 0 aliphatic heterocycles. The van der Waals surface area contributed by atoms with Crippen LogP contribution in [0.5, 0.6) is 0 Å². The van der Waals surface area contributed by atoms with E-state index in [2.05, 4.69) is 26.1 Å². The summed E-state index contributed by atoms with van der Waals surface area (Å²) in [4.78, 5) is 11.9. The SMILES string of the molecule is CCCC(CCC)(CCC)C(=O)NC. The maximum atomic E-state index is 11.9. The van der Waals surface area contributed by atoms with E-state index in [1.54, 1.807) is 7.05 Å². The second kappa shape index (κ2) is 6.86. The predicted molar refractivity (Wildman–Crippen MR) is 61.2 cm³/mol. The van der Waals surface area contributed by atoms with Gasteiger partial charge >= 0.3 is 0 Å². The van der Waals surface area contributed by atoms with Crippen LogP contribution in [0.1, 0.15) is 59.3 Å². The molecule has 0 aliphatic carbocycles. The number of amides is 1. The Bertz CT molecular complexity index is 149. The van der Waals surface area contributed by atoms with E-state index in [0.717, 1.165) is 38.5 Å². The van der Waals surface area contributed by atoms with Crippen molar-refractivity contribution < 1.29 is 4.79 Å². The minimum Gasteiger partial charge on any atom is -0.359 e. The van der Waals surface area contributed by atoms with Gasteiger partial charge in [-0.05, 0) is 19.3 Å². The number of hydrogen-bond donors (Lipinski definition) is 1. The van der Waals surface area contributed by atoms with Crippen molar-refractivity contribution >= 4 is 5.91 Å². The topological polar surface area (TPSA) is 29.1 Å². The van der Waals surface area contributed by atoms with Crippen molar-refractivity contribution in [1.29, 1.82) is 0 Å². The van der Waals surface area contributed by atoms with Crippen LogP contribution in [-0.4, -0.2) is 13.0 Å². The molecule has 0 saturated heterocycles. The lowest BCUT2D eigenvalue weighted by Gasteiger charge is -2.31. The van der Waals surface area contributed by atoms with E-state index in [4.69, 9.17) is 0 Å². The molecule has 0 aromatic carbocycles. The van der Waals surface area contributed by atoms with Crippen LogP contribution in [0.3, 0.4) is 0 Å². The molecule has 1 N–H and O–H groups in total. The zero-order valence-corrected chi connectivity index (χ0v) is 10.2. The van der Waals surface area contributed by atoms with E-state index in [-0.39, 0.29) is 11.3 Å². The van der Waals surface area contributed by atoms with Gasteiger partial charge in [-0.3, -0.25) is 4.79 Å². The van der Waals surface area contributed by atoms with Crippen molar-refractivity contribution in [1.82, 2.24) is 5.32 Å². The molecule has 0 aromatic rings. The fourth-order valence-corrected chi connectivity index (χ4v) is 2.42. The maximum absolute atomic E-state index is 11.9. The van der Waals surface area contributed by atoms with Gasteiger partial charge in [0, 0.05) is 12.5 Å². The third-order valence-electron chi connectivity index (χ3n) is 2.89. The van der Waals surface area contributed by atoms with E-state index in [9.17, 15) is 4.79 Å². The standard InChI is InChI=1S/C12H25NO/c1-5-8-12(9-6-2,10-7-3)11(14)13-4/h5-10H2,1-4H3,(H,13,14). The van der Waals surface area contributed by atoms with E-state index in [0.29, 0.717) is 0 Å². The minimum atomic E-state index is -0.0903. The van der Waals surface area contributed by atoms with Gasteiger partial charge < -0.3 is 5.32 Å². The number of carbonyl (C=O) groups excluding carboxylic acids is 1. The minimum absolute atomic E-state index is 0.0903. The van der Waals surface area contributed by atoms with Gasteiger partial charge in [0.05, 0.1) is 0 Å². The van der Waals surface area contributed by atoms with Gasteiger partial charge in [0.15, 0.2) is 0 Å². The highest BCUT2D eigenvalue weighted by Gasteiger charge is 2.34. The molecule has 0 unspecified atom stereocenters. The van der Waals surface area contributed by atoms with Crippen LogP contribution in [0.4, 0.5) is 0 Å². The number of carbonyl (C=O) groups is 1. The van der Waals surface area contributed by atoms with Crippen LogP contribution in [0.15, 0.2) is 0 Å². The molecule has 1 amide bonds. The first kappa shape index (κ1) is 13.5. The summed E-state index contributed by atoms with van der Waals surface area (Å²) in [6.07, 6.45) is 6.34. The van der Waals surface area contributed by atoms with Crippen molar-refractivity contribution in [3.05, 3.63) is 0 Å². The smallest absolute Gasteiger partial charge is 0.225 e. The lowest BCUT2D eigenvalue weighted by Crippen LogP contribution is -2.39. The molecule has 0 bridgehead atoms. The second-order valence-corrected chi connectivity index (χ2v) is 4.11. The Morgan fingerprint density at radius 3 is 1.57 bits per heavy atom. The summed E-state index contributed by atoms with van der Waals surface area (Å²) >= 11 is 0. The zero-order valence-electron chi connectivity index (χ0n) is 10.2.